The summed E-state index contributed by atoms with van der Waals surface area (Å²) < 4.78 is 29.1. The predicted octanol–water partition coefficient (Wildman–Crippen LogP) is 2.83. The van der Waals surface area contributed by atoms with E-state index in [2.05, 4.69) is 4.99 Å². The Balaban J connectivity index is 1.99. The Hall–Kier alpha value is -4.05. The highest BCUT2D eigenvalue weighted by Gasteiger charge is 2.34. The molecule has 0 aliphatic carbocycles. The van der Waals surface area contributed by atoms with E-state index < -0.39 is 12.0 Å². The zero-order valence-electron chi connectivity index (χ0n) is 21.5. The number of fused-ring (bicyclic) bond motifs is 1. The number of esters is 1. The molecule has 0 amide bonds. The number of ether oxygens (including phenoxy) is 5. The van der Waals surface area contributed by atoms with Crippen molar-refractivity contribution in [2.75, 3.05) is 35.0 Å². The molecule has 1 unspecified atom stereocenters. The van der Waals surface area contributed by atoms with Crippen LogP contribution in [-0.4, -0.2) is 45.6 Å². The average molecular weight is 525 g/mol. The molecule has 0 radical (unpaired) electrons. The summed E-state index contributed by atoms with van der Waals surface area (Å²) >= 11 is 1.23. The van der Waals surface area contributed by atoms with Crippen LogP contribution in [0.4, 0.5) is 0 Å². The summed E-state index contributed by atoms with van der Waals surface area (Å²) in [6.07, 6.45) is 1.74. The van der Waals surface area contributed by atoms with E-state index in [4.69, 9.17) is 23.7 Å². The third-order valence-corrected chi connectivity index (χ3v) is 6.94. The molecule has 1 atom stereocenters. The van der Waals surface area contributed by atoms with Gasteiger partial charge < -0.3 is 23.7 Å². The van der Waals surface area contributed by atoms with Crippen molar-refractivity contribution in [1.82, 2.24) is 4.57 Å². The number of allylic oxidation sites excluding steroid dienone is 1. The molecule has 2 heterocycles. The quantitative estimate of drug-likeness (QED) is 0.418. The normalized spacial score (nSPS) is 15.1. The van der Waals surface area contributed by atoms with Crippen LogP contribution in [0, 0.1) is 0 Å². The molecule has 37 heavy (non-hydrogen) atoms. The summed E-state index contributed by atoms with van der Waals surface area (Å²) in [5, 5.41) is 0. The van der Waals surface area contributed by atoms with E-state index >= 15 is 0 Å². The molecule has 1 aliphatic heterocycles. The average Bonchev–Trinajstić information content (AvgIpc) is 3.21. The molecule has 0 bridgehead atoms. The van der Waals surface area contributed by atoms with Gasteiger partial charge in [0.05, 0.1) is 56.9 Å². The lowest BCUT2D eigenvalue weighted by atomic mass is 9.95. The van der Waals surface area contributed by atoms with E-state index in [9.17, 15) is 9.59 Å². The maximum atomic E-state index is 13.8. The molecule has 1 aromatic heterocycles. The fraction of sp³-hybridized carbons (Fsp3) is 0.296. The number of nitrogens with zero attached hydrogens (tertiary/aromatic N) is 2. The van der Waals surface area contributed by atoms with Gasteiger partial charge in [0.1, 0.15) is 0 Å². The Kier molecular flexibility index (Phi) is 7.68. The molecule has 10 heteroatoms. The first-order chi connectivity index (χ1) is 17.9. The van der Waals surface area contributed by atoms with Crippen LogP contribution in [0.2, 0.25) is 0 Å². The standard InChI is InChI=1S/C27H28N2O7S/c1-7-36-26(31)22-15(2)28-27-29(23(22)16-11-12-18(32-3)20(13-16)34-5)25(30)21(37-27)14-17-9-8-10-19(33-4)24(17)35-6/h8-14,23H,7H2,1-6H3. The second kappa shape index (κ2) is 10.9. The second-order valence-corrected chi connectivity index (χ2v) is 9.01. The number of para-hydroxylation sites is 1. The van der Waals surface area contributed by atoms with Crippen molar-refractivity contribution in [2.24, 2.45) is 4.99 Å². The lowest BCUT2D eigenvalue weighted by Gasteiger charge is -2.25. The number of benzene rings is 2. The monoisotopic (exact) mass is 524 g/mol. The highest BCUT2D eigenvalue weighted by atomic mass is 32.1. The minimum atomic E-state index is -0.774. The van der Waals surface area contributed by atoms with Crippen LogP contribution in [0.1, 0.15) is 31.0 Å². The molecule has 4 rings (SSSR count). The van der Waals surface area contributed by atoms with Gasteiger partial charge in [-0.3, -0.25) is 9.36 Å². The number of thiazole rings is 1. The maximum absolute atomic E-state index is 13.8. The highest BCUT2D eigenvalue weighted by Crippen LogP contribution is 2.36. The largest absolute Gasteiger partial charge is 0.493 e. The smallest absolute Gasteiger partial charge is 0.338 e. The molecular weight excluding hydrogens is 496 g/mol. The van der Waals surface area contributed by atoms with E-state index in [0.717, 1.165) is 0 Å². The van der Waals surface area contributed by atoms with Gasteiger partial charge in [0.15, 0.2) is 27.8 Å². The topological polar surface area (TPSA) is 97.6 Å². The minimum Gasteiger partial charge on any atom is -0.493 e. The van der Waals surface area contributed by atoms with E-state index in [0.29, 0.717) is 49.2 Å². The first kappa shape index (κ1) is 26.0. The fourth-order valence-corrected chi connectivity index (χ4v) is 5.33. The molecule has 1 aliphatic rings. The summed E-state index contributed by atoms with van der Waals surface area (Å²) in [4.78, 5) is 32.0. The molecule has 2 aromatic carbocycles. The van der Waals surface area contributed by atoms with Crippen molar-refractivity contribution in [2.45, 2.75) is 19.9 Å². The zero-order valence-corrected chi connectivity index (χ0v) is 22.3. The highest BCUT2D eigenvalue weighted by molar-refractivity contribution is 7.07. The first-order valence-corrected chi connectivity index (χ1v) is 12.3. The number of carbonyl (C=O) groups excluding carboxylic acids is 1. The molecule has 0 saturated heterocycles. The van der Waals surface area contributed by atoms with Crippen molar-refractivity contribution in [1.29, 1.82) is 0 Å². The number of hydrogen-bond donors (Lipinski definition) is 0. The fourth-order valence-electron chi connectivity index (χ4n) is 4.30. The molecular formula is C27H28N2O7S. The third-order valence-electron chi connectivity index (χ3n) is 5.96. The van der Waals surface area contributed by atoms with Gasteiger partial charge >= 0.3 is 5.97 Å². The van der Waals surface area contributed by atoms with Gasteiger partial charge in [-0.2, -0.15) is 0 Å². The molecule has 0 saturated carbocycles. The van der Waals surface area contributed by atoms with E-state index in [1.165, 1.54) is 23.0 Å². The van der Waals surface area contributed by atoms with E-state index in [-0.39, 0.29) is 17.7 Å². The lowest BCUT2D eigenvalue weighted by molar-refractivity contribution is -0.139. The predicted molar refractivity (Wildman–Crippen MR) is 139 cm³/mol. The summed E-state index contributed by atoms with van der Waals surface area (Å²) in [6.45, 7) is 3.66. The molecule has 9 nitrogen and oxygen atoms in total. The van der Waals surface area contributed by atoms with Crippen LogP contribution < -0.4 is 33.8 Å². The zero-order chi connectivity index (χ0) is 26.7. The van der Waals surface area contributed by atoms with E-state index in [1.54, 1.807) is 65.5 Å². The summed E-state index contributed by atoms with van der Waals surface area (Å²) in [5.74, 6) is 1.53. The van der Waals surface area contributed by atoms with Crippen molar-refractivity contribution < 1.29 is 28.5 Å². The van der Waals surface area contributed by atoms with Gasteiger partial charge in [0.2, 0.25) is 0 Å². The van der Waals surface area contributed by atoms with Crippen LogP contribution in [0.3, 0.4) is 0 Å². The summed E-state index contributed by atoms with van der Waals surface area (Å²) in [6, 6.07) is 9.95. The first-order valence-electron chi connectivity index (χ1n) is 11.5. The number of rotatable bonds is 8. The number of methoxy groups -OCH3 is 4. The SMILES string of the molecule is CCOC(=O)C1=C(C)N=c2sc(=Cc3cccc(OC)c3OC)c(=O)n2C1c1ccc(OC)c(OC)c1. The van der Waals surface area contributed by atoms with Crippen molar-refractivity contribution in [3.05, 3.63) is 78.5 Å². The van der Waals surface area contributed by atoms with Crippen LogP contribution in [0.5, 0.6) is 23.0 Å². The molecule has 0 spiro atoms. The van der Waals surface area contributed by atoms with Gasteiger partial charge in [0.25, 0.3) is 5.56 Å². The van der Waals surface area contributed by atoms with Crippen molar-refractivity contribution in [3.63, 3.8) is 0 Å². The Bertz CT molecular complexity index is 1550. The molecule has 194 valence electrons. The van der Waals surface area contributed by atoms with E-state index in [1.807, 2.05) is 12.1 Å². The number of carbonyl (C=O) groups is 1. The van der Waals surface area contributed by atoms with Crippen molar-refractivity contribution in [3.8, 4) is 23.0 Å². The van der Waals surface area contributed by atoms with Gasteiger partial charge in [-0.25, -0.2) is 9.79 Å². The van der Waals surface area contributed by atoms with Gasteiger partial charge in [-0.05, 0) is 43.7 Å². The Morgan fingerprint density at radius 3 is 2.41 bits per heavy atom. The number of aromatic nitrogens is 1. The van der Waals surface area contributed by atoms with Crippen LogP contribution >= 0.6 is 11.3 Å². The Morgan fingerprint density at radius 1 is 1.03 bits per heavy atom. The number of hydrogen-bond acceptors (Lipinski definition) is 9. The van der Waals surface area contributed by atoms with Crippen molar-refractivity contribution >= 4 is 23.4 Å². The maximum Gasteiger partial charge on any atom is 0.338 e. The van der Waals surface area contributed by atoms with Crippen LogP contribution in [0.25, 0.3) is 6.08 Å². The Labute approximate surface area is 217 Å². The second-order valence-electron chi connectivity index (χ2n) is 8.00. The van der Waals surface area contributed by atoms with Gasteiger partial charge in [-0.15, -0.1) is 0 Å². The molecule has 3 aromatic rings. The third kappa shape index (κ3) is 4.72. The lowest BCUT2D eigenvalue weighted by Crippen LogP contribution is -2.40. The van der Waals surface area contributed by atoms with Crippen LogP contribution in [-0.2, 0) is 9.53 Å². The molecule has 0 fully saturated rings. The summed E-state index contributed by atoms with van der Waals surface area (Å²) in [5.41, 5.74) is 1.79. The Morgan fingerprint density at radius 2 is 1.76 bits per heavy atom. The minimum absolute atomic E-state index is 0.189. The summed E-state index contributed by atoms with van der Waals surface area (Å²) in [7, 11) is 6.17. The van der Waals surface area contributed by atoms with Gasteiger partial charge in [-0.1, -0.05) is 29.5 Å². The van der Waals surface area contributed by atoms with Gasteiger partial charge in [0, 0.05) is 5.56 Å². The molecule has 0 N–H and O–H groups in total. The van der Waals surface area contributed by atoms with Crippen LogP contribution in [0.15, 0.2) is 57.5 Å².